The fourth-order valence-corrected chi connectivity index (χ4v) is 1.83. The lowest BCUT2D eigenvalue weighted by Gasteiger charge is -2.31. The van der Waals surface area contributed by atoms with Crippen molar-refractivity contribution >= 4 is 11.8 Å². The molecule has 92 valence electrons. The van der Waals surface area contributed by atoms with Gasteiger partial charge in [-0.2, -0.15) is 5.26 Å². The lowest BCUT2D eigenvalue weighted by atomic mass is 10.1. The van der Waals surface area contributed by atoms with Gasteiger partial charge < -0.3 is 9.80 Å². The van der Waals surface area contributed by atoms with E-state index in [-0.39, 0.29) is 0 Å². The Labute approximate surface area is 105 Å². The molecule has 0 radical (unpaired) electrons. The molecular formula is C13H13N3O2. The van der Waals surface area contributed by atoms with Crippen LogP contribution in [-0.4, -0.2) is 41.8 Å². The normalized spacial score (nSPS) is 15.8. The Balaban J connectivity index is 2.07. The smallest absolute Gasteiger partial charge is 0.312 e. The average Bonchev–Trinajstić information content (AvgIpc) is 2.40. The maximum atomic E-state index is 11.7. The molecule has 2 rings (SSSR count). The van der Waals surface area contributed by atoms with Gasteiger partial charge in [-0.1, -0.05) is 12.1 Å². The molecule has 2 amide bonds. The summed E-state index contributed by atoms with van der Waals surface area (Å²) in [6.45, 7) is 1.51. The molecule has 0 unspecified atom stereocenters. The van der Waals surface area contributed by atoms with Crippen molar-refractivity contribution in [2.45, 2.75) is 6.54 Å². The van der Waals surface area contributed by atoms with E-state index in [1.54, 1.807) is 31.3 Å². The number of piperazine rings is 1. The Kier molecular flexibility index (Phi) is 3.28. The summed E-state index contributed by atoms with van der Waals surface area (Å²) in [5.74, 6) is -0.928. The standard InChI is InChI=1S/C13H13N3O2/c1-15-6-7-16(13(18)12(15)17)9-11-4-2-10(8-14)3-5-11/h2-5H,6-7,9H2,1H3. The van der Waals surface area contributed by atoms with Gasteiger partial charge in [-0.25, -0.2) is 0 Å². The van der Waals surface area contributed by atoms with Crippen LogP contribution in [0.2, 0.25) is 0 Å². The number of amides is 2. The van der Waals surface area contributed by atoms with Crippen molar-refractivity contribution in [2.24, 2.45) is 0 Å². The Bertz CT molecular complexity index is 516. The van der Waals surface area contributed by atoms with Gasteiger partial charge in [0, 0.05) is 26.7 Å². The van der Waals surface area contributed by atoms with Crippen LogP contribution in [0.4, 0.5) is 0 Å². The van der Waals surface area contributed by atoms with Gasteiger partial charge in [0.15, 0.2) is 0 Å². The second kappa shape index (κ2) is 4.88. The van der Waals surface area contributed by atoms with Crippen LogP contribution in [-0.2, 0) is 16.1 Å². The number of carbonyl (C=O) groups is 2. The van der Waals surface area contributed by atoms with E-state index in [2.05, 4.69) is 0 Å². The fraction of sp³-hybridized carbons (Fsp3) is 0.308. The molecule has 0 N–H and O–H groups in total. The van der Waals surface area contributed by atoms with Crippen LogP contribution in [0.3, 0.4) is 0 Å². The second-order valence-corrected chi connectivity index (χ2v) is 4.26. The molecule has 0 saturated carbocycles. The molecule has 5 heteroatoms. The Morgan fingerprint density at radius 3 is 2.44 bits per heavy atom. The van der Waals surface area contributed by atoms with Gasteiger partial charge >= 0.3 is 11.8 Å². The largest absolute Gasteiger partial charge is 0.336 e. The van der Waals surface area contributed by atoms with Gasteiger partial charge in [0.1, 0.15) is 0 Å². The van der Waals surface area contributed by atoms with Gasteiger partial charge in [0.25, 0.3) is 0 Å². The quantitative estimate of drug-likeness (QED) is 0.704. The van der Waals surface area contributed by atoms with E-state index in [1.165, 1.54) is 9.80 Å². The zero-order chi connectivity index (χ0) is 13.1. The van der Waals surface area contributed by atoms with Gasteiger partial charge in [0.05, 0.1) is 11.6 Å². The molecule has 0 spiro atoms. The van der Waals surface area contributed by atoms with Crippen LogP contribution >= 0.6 is 0 Å². The Hall–Kier alpha value is -2.35. The summed E-state index contributed by atoms with van der Waals surface area (Å²) in [5.41, 5.74) is 1.50. The minimum absolute atomic E-state index is 0.407. The van der Waals surface area contributed by atoms with E-state index < -0.39 is 11.8 Å². The third-order valence-corrected chi connectivity index (χ3v) is 2.98. The van der Waals surface area contributed by atoms with Gasteiger partial charge in [-0.3, -0.25) is 9.59 Å². The van der Waals surface area contributed by atoms with E-state index in [1.807, 2.05) is 6.07 Å². The molecule has 1 heterocycles. The van der Waals surface area contributed by atoms with Crippen molar-refractivity contribution in [3.63, 3.8) is 0 Å². The molecule has 1 aliphatic rings. The van der Waals surface area contributed by atoms with Crippen LogP contribution in [0.1, 0.15) is 11.1 Å². The lowest BCUT2D eigenvalue weighted by molar-refractivity contribution is -0.155. The molecular weight excluding hydrogens is 230 g/mol. The fourth-order valence-electron chi connectivity index (χ4n) is 1.83. The zero-order valence-corrected chi connectivity index (χ0v) is 10.1. The van der Waals surface area contributed by atoms with Crippen LogP contribution < -0.4 is 0 Å². The molecule has 0 atom stereocenters. The van der Waals surface area contributed by atoms with Gasteiger partial charge in [0.2, 0.25) is 0 Å². The summed E-state index contributed by atoms with van der Waals surface area (Å²) in [6, 6.07) is 9.05. The number of nitriles is 1. The molecule has 5 nitrogen and oxygen atoms in total. The molecule has 0 aromatic heterocycles. The SMILES string of the molecule is CN1CCN(Cc2ccc(C#N)cc2)C(=O)C1=O. The van der Waals surface area contributed by atoms with E-state index in [0.717, 1.165) is 5.56 Å². The van der Waals surface area contributed by atoms with Crippen LogP contribution in [0.25, 0.3) is 0 Å². The maximum Gasteiger partial charge on any atom is 0.312 e. The maximum absolute atomic E-state index is 11.7. The first-order chi connectivity index (χ1) is 8.61. The van der Waals surface area contributed by atoms with Crippen molar-refractivity contribution in [2.75, 3.05) is 20.1 Å². The number of benzene rings is 1. The van der Waals surface area contributed by atoms with Crippen molar-refractivity contribution in [1.29, 1.82) is 5.26 Å². The van der Waals surface area contributed by atoms with Gasteiger partial charge in [-0.15, -0.1) is 0 Å². The summed E-state index contributed by atoms with van der Waals surface area (Å²) >= 11 is 0. The number of likely N-dealkylation sites (N-methyl/N-ethyl adjacent to an activating group) is 1. The van der Waals surface area contributed by atoms with E-state index in [4.69, 9.17) is 5.26 Å². The summed E-state index contributed by atoms with van der Waals surface area (Å²) in [6.07, 6.45) is 0. The second-order valence-electron chi connectivity index (χ2n) is 4.26. The topological polar surface area (TPSA) is 64.4 Å². The monoisotopic (exact) mass is 243 g/mol. The minimum atomic E-state index is -0.465. The van der Waals surface area contributed by atoms with Crippen molar-refractivity contribution in [1.82, 2.24) is 9.80 Å². The Morgan fingerprint density at radius 2 is 1.83 bits per heavy atom. The molecule has 1 aromatic rings. The molecule has 1 fully saturated rings. The zero-order valence-electron chi connectivity index (χ0n) is 10.1. The first-order valence-electron chi connectivity index (χ1n) is 5.65. The number of hydrogen-bond acceptors (Lipinski definition) is 3. The van der Waals surface area contributed by atoms with E-state index >= 15 is 0 Å². The summed E-state index contributed by atoms with van der Waals surface area (Å²) in [7, 11) is 1.62. The lowest BCUT2D eigenvalue weighted by Crippen LogP contribution is -2.52. The number of rotatable bonds is 2. The summed E-state index contributed by atoms with van der Waals surface area (Å²) in [5, 5.41) is 8.69. The van der Waals surface area contributed by atoms with Gasteiger partial charge in [-0.05, 0) is 17.7 Å². The number of nitrogens with zero attached hydrogens (tertiary/aromatic N) is 3. The highest BCUT2D eigenvalue weighted by Crippen LogP contribution is 2.10. The highest BCUT2D eigenvalue weighted by molar-refractivity contribution is 6.35. The minimum Gasteiger partial charge on any atom is -0.336 e. The van der Waals surface area contributed by atoms with Crippen molar-refractivity contribution in [3.05, 3.63) is 35.4 Å². The Morgan fingerprint density at radius 1 is 1.17 bits per heavy atom. The molecule has 1 aromatic carbocycles. The molecule has 1 saturated heterocycles. The highest BCUT2D eigenvalue weighted by atomic mass is 16.2. The van der Waals surface area contributed by atoms with Crippen molar-refractivity contribution < 1.29 is 9.59 Å². The first kappa shape index (κ1) is 12.1. The van der Waals surface area contributed by atoms with E-state index in [0.29, 0.717) is 25.2 Å². The van der Waals surface area contributed by atoms with Crippen LogP contribution in [0.5, 0.6) is 0 Å². The average molecular weight is 243 g/mol. The first-order valence-corrected chi connectivity index (χ1v) is 5.65. The number of carbonyl (C=O) groups excluding carboxylic acids is 2. The third-order valence-electron chi connectivity index (χ3n) is 2.98. The molecule has 0 bridgehead atoms. The van der Waals surface area contributed by atoms with Crippen LogP contribution in [0.15, 0.2) is 24.3 Å². The van der Waals surface area contributed by atoms with Crippen molar-refractivity contribution in [3.8, 4) is 6.07 Å². The number of hydrogen-bond donors (Lipinski definition) is 0. The predicted molar refractivity (Wildman–Crippen MR) is 64.2 cm³/mol. The van der Waals surface area contributed by atoms with Crippen LogP contribution in [0, 0.1) is 11.3 Å². The third kappa shape index (κ3) is 2.33. The highest BCUT2D eigenvalue weighted by Gasteiger charge is 2.29. The molecule has 18 heavy (non-hydrogen) atoms. The van der Waals surface area contributed by atoms with E-state index in [9.17, 15) is 9.59 Å². The summed E-state index contributed by atoms with van der Waals surface area (Å²) in [4.78, 5) is 26.2. The molecule has 1 aliphatic heterocycles. The predicted octanol–water partition coefficient (Wildman–Crippen LogP) is 0.359. The molecule has 0 aliphatic carbocycles. The summed E-state index contributed by atoms with van der Waals surface area (Å²) < 4.78 is 0.